The van der Waals surface area contributed by atoms with Gasteiger partial charge in [0.1, 0.15) is 0 Å². The number of nitrogens with two attached hydrogens (primary N) is 1. The second-order valence-electron chi connectivity index (χ2n) is 7.19. The molecular weight excluding hydrogens is 253 g/mol. The molecule has 3 rings (SSSR count). The first-order valence-electron chi connectivity index (χ1n) is 7.84. The number of benzene rings is 2. The van der Waals surface area contributed by atoms with Gasteiger partial charge in [0.15, 0.2) is 0 Å². The van der Waals surface area contributed by atoms with Gasteiger partial charge in [-0.25, -0.2) is 0 Å². The lowest BCUT2D eigenvalue weighted by Crippen LogP contribution is -2.56. The van der Waals surface area contributed by atoms with Crippen LogP contribution in [-0.2, 0) is 5.41 Å². The van der Waals surface area contributed by atoms with Gasteiger partial charge >= 0.3 is 0 Å². The van der Waals surface area contributed by atoms with Crippen molar-refractivity contribution in [1.29, 1.82) is 0 Å². The Kier molecular flexibility index (Phi) is 3.16. The van der Waals surface area contributed by atoms with Crippen LogP contribution >= 0.6 is 0 Å². The van der Waals surface area contributed by atoms with E-state index in [1.54, 1.807) is 0 Å². The van der Waals surface area contributed by atoms with Gasteiger partial charge in [0.25, 0.3) is 0 Å². The average Bonchev–Trinajstić information content (AvgIpc) is 2.43. The number of rotatable bonds is 1. The highest BCUT2D eigenvalue weighted by Crippen LogP contribution is 2.36. The van der Waals surface area contributed by atoms with E-state index in [4.69, 9.17) is 5.73 Å². The van der Waals surface area contributed by atoms with Crippen LogP contribution in [-0.4, -0.2) is 6.71 Å². The summed E-state index contributed by atoms with van der Waals surface area (Å²) in [5, 5.41) is 0. The molecule has 0 saturated heterocycles. The quantitative estimate of drug-likeness (QED) is 0.628. The molecule has 21 heavy (non-hydrogen) atoms. The van der Waals surface area contributed by atoms with E-state index in [0.717, 1.165) is 5.69 Å². The van der Waals surface area contributed by atoms with Gasteiger partial charge in [-0.15, -0.1) is 0 Å². The fourth-order valence-corrected chi connectivity index (χ4v) is 3.96. The summed E-state index contributed by atoms with van der Waals surface area (Å²) in [6.07, 6.45) is 0. The first-order chi connectivity index (χ1) is 9.85. The number of hydrogen-bond donors (Lipinski definition) is 1. The smallest absolute Gasteiger partial charge is 0.215 e. The van der Waals surface area contributed by atoms with Crippen LogP contribution in [0.5, 0.6) is 0 Å². The van der Waals surface area contributed by atoms with Crippen molar-refractivity contribution in [2.45, 2.75) is 45.9 Å². The van der Waals surface area contributed by atoms with Crippen LogP contribution < -0.4 is 16.7 Å². The fraction of sp³-hybridized carbons (Fsp3) is 0.368. The maximum atomic E-state index is 6.51. The third-order valence-electron chi connectivity index (χ3n) is 5.13. The molecule has 1 aliphatic heterocycles. The predicted molar refractivity (Wildman–Crippen MR) is 94.3 cm³/mol. The van der Waals surface area contributed by atoms with Crippen LogP contribution in [0.2, 0.25) is 5.82 Å². The molecule has 0 aromatic heterocycles. The molecule has 2 aromatic rings. The minimum Gasteiger partial charge on any atom is -0.399 e. The van der Waals surface area contributed by atoms with Crippen molar-refractivity contribution in [3.8, 4) is 0 Å². The predicted octanol–water partition coefficient (Wildman–Crippen LogP) is 3.24. The molecule has 1 heterocycles. The Balaban J connectivity index is 2.40. The van der Waals surface area contributed by atoms with E-state index in [1.807, 2.05) is 0 Å². The number of hydrogen-bond acceptors (Lipinski definition) is 1. The number of anilines is 1. The average molecular weight is 277 g/mol. The first-order valence-corrected chi connectivity index (χ1v) is 7.84. The molecule has 0 amide bonds. The highest BCUT2D eigenvalue weighted by molar-refractivity contribution is 6.88. The zero-order valence-corrected chi connectivity index (χ0v) is 13.7. The van der Waals surface area contributed by atoms with Gasteiger partial charge in [0, 0.05) is 11.1 Å². The van der Waals surface area contributed by atoms with Gasteiger partial charge in [-0.1, -0.05) is 75.4 Å². The molecular formula is C19H24BN. The largest absolute Gasteiger partial charge is 0.399 e. The molecule has 1 aliphatic rings. The SMILES string of the molecule is Cc1ccc2c(c1N)B(C(C)C)c1ccccc1C2(C)C. The van der Waals surface area contributed by atoms with Crippen LogP contribution in [0.1, 0.15) is 44.4 Å². The highest BCUT2D eigenvalue weighted by Gasteiger charge is 2.41. The summed E-state index contributed by atoms with van der Waals surface area (Å²) in [7, 11) is 0. The summed E-state index contributed by atoms with van der Waals surface area (Å²) >= 11 is 0. The van der Waals surface area contributed by atoms with E-state index < -0.39 is 0 Å². The van der Waals surface area contributed by atoms with Crippen LogP contribution in [0, 0.1) is 6.92 Å². The molecule has 0 aliphatic carbocycles. The normalized spacial score (nSPS) is 15.8. The van der Waals surface area contributed by atoms with Gasteiger partial charge in [-0.05, 0) is 29.1 Å². The molecule has 2 heteroatoms. The van der Waals surface area contributed by atoms with E-state index in [2.05, 4.69) is 71.0 Å². The van der Waals surface area contributed by atoms with Crippen LogP contribution in [0.3, 0.4) is 0 Å². The molecule has 1 nitrogen and oxygen atoms in total. The van der Waals surface area contributed by atoms with Gasteiger partial charge < -0.3 is 5.73 Å². The van der Waals surface area contributed by atoms with Gasteiger partial charge in [0.05, 0.1) is 0 Å². The summed E-state index contributed by atoms with van der Waals surface area (Å²) in [5.74, 6) is 0.532. The summed E-state index contributed by atoms with van der Waals surface area (Å²) in [4.78, 5) is 0. The van der Waals surface area contributed by atoms with Crippen molar-refractivity contribution >= 4 is 23.3 Å². The monoisotopic (exact) mass is 277 g/mol. The van der Waals surface area contributed by atoms with Gasteiger partial charge in [-0.3, -0.25) is 0 Å². The highest BCUT2D eigenvalue weighted by atomic mass is 14.6. The van der Waals surface area contributed by atoms with Crippen molar-refractivity contribution in [2.24, 2.45) is 0 Å². The summed E-state index contributed by atoms with van der Waals surface area (Å²) in [6, 6.07) is 13.3. The molecule has 0 atom stereocenters. The van der Waals surface area contributed by atoms with Crippen LogP contribution in [0.4, 0.5) is 5.69 Å². The van der Waals surface area contributed by atoms with Crippen molar-refractivity contribution in [3.05, 3.63) is 53.1 Å². The fourth-order valence-electron chi connectivity index (χ4n) is 3.96. The van der Waals surface area contributed by atoms with Crippen LogP contribution in [0.15, 0.2) is 36.4 Å². The number of aryl methyl sites for hydroxylation is 1. The lowest BCUT2D eigenvalue weighted by molar-refractivity contribution is 0.645. The van der Waals surface area contributed by atoms with Crippen LogP contribution in [0.25, 0.3) is 0 Å². The molecule has 0 unspecified atom stereocenters. The minimum absolute atomic E-state index is 0.0130. The molecule has 0 radical (unpaired) electrons. The van der Waals surface area contributed by atoms with E-state index in [1.165, 1.54) is 27.6 Å². The lowest BCUT2D eigenvalue weighted by Gasteiger charge is -2.40. The van der Waals surface area contributed by atoms with Crippen molar-refractivity contribution in [2.75, 3.05) is 5.73 Å². The maximum Gasteiger partial charge on any atom is 0.215 e. The number of nitrogen functional groups attached to an aromatic ring is 1. The molecule has 0 bridgehead atoms. The van der Waals surface area contributed by atoms with Gasteiger partial charge in [0.2, 0.25) is 6.71 Å². The third-order valence-corrected chi connectivity index (χ3v) is 5.13. The molecule has 0 fully saturated rings. The van der Waals surface area contributed by atoms with Crippen molar-refractivity contribution in [3.63, 3.8) is 0 Å². The van der Waals surface area contributed by atoms with E-state index in [9.17, 15) is 0 Å². The maximum absolute atomic E-state index is 6.51. The third kappa shape index (κ3) is 1.92. The molecule has 108 valence electrons. The lowest BCUT2D eigenvalue weighted by atomic mass is 9.29. The van der Waals surface area contributed by atoms with Crippen molar-refractivity contribution < 1.29 is 0 Å². The minimum atomic E-state index is 0.0130. The second kappa shape index (κ2) is 4.66. The summed E-state index contributed by atoms with van der Waals surface area (Å²) < 4.78 is 0. The Morgan fingerprint density at radius 2 is 1.67 bits per heavy atom. The van der Waals surface area contributed by atoms with Crippen molar-refractivity contribution in [1.82, 2.24) is 0 Å². The zero-order valence-electron chi connectivity index (χ0n) is 13.7. The Bertz CT molecular complexity index is 701. The van der Waals surface area contributed by atoms with E-state index in [0.29, 0.717) is 12.5 Å². The second-order valence-corrected chi connectivity index (χ2v) is 7.19. The Morgan fingerprint density at radius 3 is 2.33 bits per heavy atom. The summed E-state index contributed by atoms with van der Waals surface area (Å²) in [5.41, 5.74) is 14.3. The Morgan fingerprint density at radius 1 is 1.00 bits per heavy atom. The van der Waals surface area contributed by atoms with Gasteiger partial charge in [-0.2, -0.15) is 0 Å². The summed E-state index contributed by atoms with van der Waals surface area (Å²) in [6.45, 7) is 11.7. The standard InChI is InChI=1S/C19H24BN/c1-12(2)20-16-9-7-6-8-14(16)19(4,5)15-11-10-13(3)18(21)17(15)20/h6-12H,21H2,1-5H3. The Labute approximate surface area is 128 Å². The Hall–Kier alpha value is -1.70. The van der Waals surface area contributed by atoms with E-state index >= 15 is 0 Å². The molecule has 2 N–H and O–H groups in total. The molecule has 0 spiro atoms. The zero-order chi connectivity index (χ0) is 15.4. The van der Waals surface area contributed by atoms with E-state index in [-0.39, 0.29) is 5.41 Å². The molecule has 0 saturated carbocycles. The topological polar surface area (TPSA) is 26.0 Å². The number of fused-ring (bicyclic) bond motifs is 2. The molecule has 2 aromatic carbocycles. The first kappa shape index (κ1) is 14.3.